The van der Waals surface area contributed by atoms with Crippen LogP contribution in [0.5, 0.6) is 0 Å². The summed E-state index contributed by atoms with van der Waals surface area (Å²) in [6.45, 7) is 0.777. The normalized spacial score (nSPS) is 24.8. The van der Waals surface area contributed by atoms with Gasteiger partial charge in [0.05, 0.1) is 0 Å². The average Bonchev–Trinajstić information content (AvgIpc) is 2.75. The fourth-order valence-corrected chi connectivity index (χ4v) is 3.94. The molecule has 17 heavy (non-hydrogen) atoms. The van der Waals surface area contributed by atoms with Crippen LogP contribution < -0.4 is 5.73 Å². The zero-order valence-corrected chi connectivity index (χ0v) is 12.2. The Kier molecular flexibility index (Phi) is 4.77. The molecule has 1 saturated carbocycles. The van der Waals surface area contributed by atoms with Gasteiger partial charge in [-0.05, 0) is 60.1 Å². The number of ketones is 1. The van der Waals surface area contributed by atoms with Gasteiger partial charge >= 0.3 is 0 Å². The molecule has 1 aliphatic carbocycles. The van der Waals surface area contributed by atoms with Crippen LogP contribution in [0.25, 0.3) is 0 Å². The zero-order chi connectivity index (χ0) is 12.3. The highest BCUT2D eigenvalue weighted by Crippen LogP contribution is 2.30. The summed E-state index contributed by atoms with van der Waals surface area (Å²) in [5, 5.41) is 2.04. The summed E-state index contributed by atoms with van der Waals surface area (Å²) in [5.74, 6) is 1.34. The fourth-order valence-electron chi connectivity index (χ4n) is 2.48. The van der Waals surface area contributed by atoms with Crippen molar-refractivity contribution < 1.29 is 4.79 Å². The van der Waals surface area contributed by atoms with E-state index in [0.29, 0.717) is 18.1 Å². The van der Waals surface area contributed by atoms with E-state index in [4.69, 9.17) is 5.73 Å². The molecular weight excluding hydrogens is 298 g/mol. The molecule has 0 aliphatic heterocycles. The average molecular weight is 316 g/mol. The number of halogens is 1. The second-order valence-corrected chi connectivity index (χ2v) is 6.74. The Balaban J connectivity index is 1.85. The van der Waals surface area contributed by atoms with Crippen LogP contribution in [0.3, 0.4) is 0 Å². The van der Waals surface area contributed by atoms with Gasteiger partial charge in [0.25, 0.3) is 0 Å². The second kappa shape index (κ2) is 6.12. The van der Waals surface area contributed by atoms with Crippen molar-refractivity contribution in [2.24, 2.45) is 17.6 Å². The Morgan fingerprint density at radius 1 is 1.41 bits per heavy atom. The van der Waals surface area contributed by atoms with Gasteiger partial charge in [-0.2, -0.15) is 0 Å². The van der Waals surface area contributed by atoms with Crippen molar-refractivity contribution in [3.63, 3.8) is 0 Å². The molecule has 94 valence electrons. The van der Waals surface area contributed by atoms with Crippen molar-refractivity contribution in [3.05, 3.63) is 20.8 Å². The molecule has 0 unspecified atom stereocenters. The Morgan fingerprint density at radius 2 is 2.12 bits per heavy atom. The van der Waals surface area contributed by atoms with Crippen LogP contribution in [0.4, 0.5) is 0 Å². The molecule has 0 spiro atoms. The number of hydrogen-bond donors (Lipinski definition) is 1. The van der Waals surface area contributed by atoms with Crippen LogP contribution in [0.2, 0.25) is 0 Å². The maximum atomic E-state index is 12.1. The molecule has 1 aliphatic rings. The number of Topliss-reactive ketones (excluding diaryl/α,β-unsaturated/α-hetero) is 1. The van der Waals surface area contributed by atoms with E-state index in [1.165, 1.54) is 4.88 Å². The summed E-state index contributed by atoms with van der Waals surface area (Å²) in [5.41, 5.74) is 5.66. The minimum atomic E-state index is 0.277. The summed E-state index contributed by atoms with van der Waals surface area (Å²) in [6.07, 6.45) is 4.93. The van der Waals surface area contributed by atoms with Gasteiger partial charge in [0.15, 0.2) is 0 Å². The molecule has 4 heteroatoms. The number of carbonyl (C=O) groups is 1. The van der Waals surface area contributed by atoms with E-state index in [1.54, 1.807) is 11.3 Å². The molecule has 1 aromatic heterocycles. The van der Waals surface area contributed by atoms with Gasteiger partial charge in [-0.15, -0.1) is 11.3 Å². The first-order valence-corrected chi connectivity index (χ1v) is 7.82. The van der Waals surface area contributed by atoms with Gasteiger partial charge in [0, 0.05) is 27.1 Å². The first-order chi connectivity index (χ1) is 8.19. The van der Waals surface area contributed by atoms with Crippen molar-refractivity contribution in [2.45, 2.75) is 32.1 Å². The lowest BCUT2D eigenvalue weighted by molar-refractivity contribution is -0.123. The van der Waals surface area contributed by atoms with Crippen molar-refractivity contribution in [3.8, 4) is 0 Å². The summed E-state index contributed by atoms with van der Waals surface area (Å²) in [7, 11) is 0. The number of thiophene rings is 1. The number of hydrogen-bond acceptors (Lipinski definition) is 3. The van der Waals surface area contributed by atoms with Crippen LogP contribution in [0, 0.1) is 11.8 Å². The summed E-state index contributed by atoms with van der Waals surface area (Å²) in [4.78, 5) is 13.3. The second-order valence-electron chi connectivity index (χ2n) is 4.83. The van der Waals surface area contributed by atoms with Gasteiger partial charge in [0.2, 0.25) is 0 Å². The highest BCUT2D eigenvalue weighted by atomic mass is 79.9. The molecule has 1 heterocycles. The quantitative estimate of drug-likeness (QED) is 0.925. The lowest BCUT2D eigenvalue weighted by Gasteiger charge is -2.26. The monoisotopic (exact) mass is 315 g/mol. The predicted molar refractivity (Wildman–Crippen MR) is 75.2 cm³/mol. The summed E-state index contributed by atoms with van der Waals surface area (Å²) >= 11 is 5.08. The SMILES string of the molecule is NCC1CCC(C(=O)Cc2cc(Br)cs2)CC1. The molecule has 1 fully saturated rings. The largest absolute Gasteiger partial charge is 0.330 e. The Morgan fingerprint density at radius 3 is 2.65 bits per heavy atom. The van der Waals surface area contributed by atoms with Gasteiger partial charge in [-0.1, -0.05) is 0 Å². The van der Waals surface area contributed by atoms with Crippen molar-refractivity contribution in [1.82, 2.24) is 0 Å². The van der Waals surface area contributed by atoms with E-state index < -0.39 is 0 Å². The van der Waals surface area contributed by atoms with Gasteiger partial charge in [-0.3, -0.25) is 4.79 Å². The van der Waals surface area contributed by atoms with Crippen LogP contribution in [-0.2, 0) is 11.2 Å². The van der Waals surface area contributed by atoms with Crippen LogP contribution in [0.1, 0.15) is 30.6 Å². The van der Waals surface area contributed by atoms with E-state index in [2.05, 4.69) is 15.9 Å². The minimum Gasteiger partial charge on any atom is -0.330 e. The molecule has 0 saturated heterocycles. The van der Waals surface area contributed by atoms with Gasteiger partial charge in [-0.25, -0.2) is 0 Å². The molecule has 0 radical (unpaired) electrons. The predicted octanol–water partition coefficient (Wildman–Crippen LogP) is 3.39. The van der Waals surface area contributed by atoms with Crippen molar-refractivity contribution in [1.29, 1.82) is 0 Å². The smallest absolute Gasteiger partial charge is 0.141 e. The highest BCUT2D eigenvalue weighted by Gasteiger charge is 2.25. The molecule has 0 amide bonds. The van der Waals surface area contributed by atoms with E-state index in [1.807, 2.05) is 11.4 Å². The van der Waals surface area contributed by atoms with Crippen LogP contribution in [0.15, 0.2) is 15.9 Å². The number of nitrogens with two attached hydrogens (primary N) is 1. The number of carbonyl (C=O) groups excluding carboxylic acids is 1. The van der Waals surface area contributed by atoms with Crippen molar-refractivity contribution in [2.75, 3.05) is 6.54 Å². The third-order valence-electron chi connectivity index (χ3n) is 3.61. The third-order valence-corrected chi connectivity index (χ3v) is 5.30. The lowest BCUT2D eigenvalue weighted by atomic mass is 9.79. The standard InChI is InChI=1S/C13H18BrNOS/c14-11-5-12(17-8-11)6-13(16)10-3-1-9(7-15)2-4-10/h5,8-10H,1-4,6-7,15H2. The van der Waals surface area contributed by atoms with Gasteiger partial charge in [0.1, 0.15) is 5.78 Å². The topological polar surface area (TPSA) is 43.1 Å². The first kappa shape index (κ1) is 13.2. The summed E-state index contributed by atoms with van der Waals surface area (Å²) < 4.78 is 1.08. The van der Waals surface area contributed by atoms with E-state index >= 15 is 0 Å². The van der Waals surface area contributed by atoms with Crippen LogP contribution >= 0.6 is 27.3 Å². The Hall–Kier alpha value is -0.190. The summed E-state index contributed by atoms with van der Waals surface area (Å²) in [6, 6.07) is 2.05. The molecular formula is C13H18BrNOS. The lowest BCUT2D eigenvalue weighted by Crippen LogP contribution is -2.26. The molecule has 1 aromatic rings. The van der Waals surface area contributed by atoms with E-state index in [-0.39, 0.29) is 5.92 Å². The molecule has 2 nitrogen and oxygen atoms in total. The third kappa shape index (κ3) is 3.63. The Bertz CT molecular complexity index is 383. The molecule has 0 aromatic carbocycles. The maximum Gasteiger partial charge on any atom is 0.141 e. The highest BCUT2D eigenvalue weighted by molar-refractivity contribution is 9.10. The molecule has 0 atom stereocenters. The Labute approximate surface area is 115 Å². The van der Waals surface area contributed by atoms with Crippen LogP contribution in [-0.4, -0.2) is 12.3 Å². The zero-order valence-electron chi connectivity index (χ0n) is 9.82. The maximum absolute atomic E-state index is 12.1. The molecule has 2 N–H and O–H groups in total. The first-order valence-electron chi connectivity index (χ1n) is 6.14. The fraction of sp³-hybridized carbons (Fsp3) is 0.615. The minimum absolute atomic E-state index is 0.277. The molecule has 2 rings (SSSR count). The van der Waals surface area contributed by atoms with E-state index in [9.17, 15) is 4.79 Å². The molecule has 0 bridgehead atoms. The van der Waals surface area contributed by atoms with Crippen molar-refractivity contribution >= 4 is 33.0 Å². The number of rotatable bonds is 4. The van der Waals surface area contributed by atoms with Gasteiger partial charge < -0.3 is 5.73 Å². The van der Waals surface area contributed by atoms with E-state index in [0.717, 1.165) is 36.7 Å².